The van der Waals surface area contributed by atoms with Gasteiger partial charge in [0.1, 0.15) is 0 Å². The zero-order chi connectivity index (χ0) is 46.0. The molecule has 2 saturated heterocycles. The minimum absolute atomic E-state index is 0.000618. The molecule has 6 rings (SSSR count). The minimum atomic E-state index is -0.474. The second-order valence-electron chi connectivity index (χ2n) is 17.9. The number of carbonyl (C=O) groups excluding carboxylic acids is 4. The molecular formula is C49H72N10O5. The summed E-state index contributed by atoms with van der Waals surface area (Å²) in [6.07, 6.45) is 5.27. The first-order valence-electron chi connectivity index (χ1n) is 23.5. The number of fused-ring (bicyclic) bond motifs is 6. The van der Waals surface area contributed by atoms with E-state index in [1.165, 1.54) is 7.11 Å². The van der Waals surface area contributed by atoms with Crippen molar-refractivity contribution in [2.24, 2.45) is 0 Å². The molecular weight excluding hydrogens is 809 g/mol. The summed E-state index contributed by atoms with van der Waals surface area (Å²) in [6, 6.07) is 6.00. The predicted molar refractivity (Wildman–Crippen MR) is 252 cm³/mol. The number of ether oxygens (including phenoxy) is 1. The van der Waals surface area contributed by atoms with Gasteiger partial charge in [-0.1, -0.05) is 40.7 Å². The van der Waals surface area contributed by atoms with Crippen molar-refractivity contribution in [3.8, 4) is 0 Å². The van der Waals surface area contributed by atoms with Gasteiger partial charge in [0.25, 0.3) is 5.91 Å². The summed E-state index contributed by atoms with van der Waals surface area (Å²) in [5.41, 5.74) is 5.61. The largest absolute Gasteiger partial charge is 0.469 e. The van der Waals surface area contributed by atoms with Crippen LogP contribution in [0.2, 0.25) is 0 Å². The SMILES string of the molecule is C/C=c1\cc2nc(c(CC(=O)OC)c3[nH]c(cc4nc(c/c(=C\C(=O)CC)[nH]1)[C@H](C)C4(C)CC)c(C)c3C(=O)NCCN1CCNCC1)C(CCC(=O)NCCN1CCNCC1)[C@@H]2C. The summed E-state index contributed by atoms with van der Waals surface area (Å²) in [7, 11) is 1.36. The molecule has 6 bridgehead atoms. The molecule has 4 atom stereocenters. The third-order valence-electron chi connectivity index (χ3n) is 14.0. The molecule has 15 heteroatoms. The Morgan fingerprint density at radius 1 is 0.891 bits per heavy atom. The van der Waals surface area contributed by atoms with Crippen LogP contribution in [-0.2, 0) is 31.0 Å². The van der Waals surface area contributed by atoms with Crippen LogP contribution in [-0.4, -0.2) is 139 Å². The number of hydrogen-bond acceptors (Lipinski definition) is 11. The van der Waals surface area contributed by atoms with Crippen LogP contribution in [0.5, 0.6) is 0 Å². The highest BCUT2D eigenvalue weighted by molar-refractivity contribution is 6.06. The molecule has 4 aliphatic rings. The quantitative estimate of drug-likeness (QED) is 0.144. The molecule has 2 aromatic heterocycles. The number of nitrogens with one attached hydrogen (secondary N) is 6. The van der Waals surface area contributed by atoms with Gasteiger partial charge in [0.15, 0.2) is 5.78 Å². The third kappa shape index (κ3) is 11.5. The van der Waals surface area contributed by atoms with Crippen LogP contribution in [0.15, 0.2) is 18.2 Å². The Morgan fingerprint density at radius 3 is 2.14 bits per heavy atom. The molecule has 6 N–H and O–H groups in total. The highest BCUT2D eigenvalue weighted by Gasteiger charge is 2.39. The molecule has 2 aromatic rings. The van der Waals surface area contributed by atoms with Crippen molar-refractivity contribution >= 4 is 46.8 Å². The van der Waals surface area contributed by atoms with Gasteiger partial charge in [0.05, 0.1) is 30.3 Å². The Labute approximate surface area is 378 Å². The molecule has 4 aliphatic heterocycles. The number of Topliss-reactive ketones (excluding diaryl/α,β-unsaturated/α-hetero) is 1. The number of aryl methyl sites for hydroxylation is 1. The van der Waals surface area contributed by atoms with Crippen LogP contribution in [0.25, 0.3) is 23.2 Å². The van der Waals surface area contributed by atoms with Crippen molar-refractivity contribution in [2.45, 2.75) is 104 Å². The van der Waals surface area contributed by atoms with E-state index in [9.17, 15) is 19.2 Å². The van der Waals surface area contributed by atoms with Gasteiger partial charge in [-0.15, -0.1) is 0 Å². The Hall–Kier alpha value is -4.96. The first kappa shape index (κ1) is 48.5. The van der Waals surface area contributed by atoms with Gasteiger partial charge in [-0.3, -0.25) is 38.9 Å². The maximum absolute atomic E-state index is 14.7. The van der Waals surface area contributed by atoms with E-state index in [0.29, 0.717) is 65.7 Å². The fourth-order valence-electron chi connectivity index (χ4n) is 9.37. The van der Waals surface area contributed by atoms with E-state index < -0.39 is 5.97 Å². The number of hydrogen-bond donors (Lipinski definition) is 6. The second kappa shape index (κ2) is 22.3. The molecule has 0 aliphatic carbocycles. The third-order valence-corrected chi connectivity index (χ3v) is 14.0. The van der Waals surface area contributed by atoms with Gasteiger partial charge < -0.3 is 36.0 Å². The average Bonchev–Trinajstić information content (AvgIpc) is 3.87. The normalized spacial score (nSPS) is 22.2. The van der Waals surface area contributed by atoms with Gasteiger partial charge in [-0.25, -0.2) is 0 Å². The van der Waals surface area contributed by atoms with E-state index in [1.54, 1.807) is 6.08 Å². The van der Waals surface area contributed by atoms with Gasteiger partial charge in [-0.05, 0) is 50.5 Å². The fraction of sp³-hybridized carbons (Fsp3) is 0.592. The van der Waals surface area contributed by atoms with Crippen molar-refractivity contribution in [1.82, 2.24) is 51.0 Å². The number of piperazine rings is 2. The van der Waals surface area contributed by atoms with Crippen LogP contribution in [0.4, 0.5) is 0 Å². The Kier molecular flexibility index (Phi) is 16.9. The maximum Gasteiger partial charge on any atom is 0.310 e. The van der Waals surface area contributed by atoms with E-state index in [4.69, 9.17) is 14.7 Å². The summed E-state index contributed by atoms with van der Waals surface area (Å²) in [4.78, 5) is 77.2. The number of aromatic amines is 2. The first-order chi connectivity index (χ1) is 30.8. The topological polar surface area (TPSA) is 189 Å². The van der Waals surface area contributed by atoms with Crippen LogP contribution in [0.1, 0.15) is 129 Å². The molecule has 0 radical (unpaired) electrons. The van der Waals surface area contributed by atoms with Crippen molar-refractivity contribution in [1.29, 1.82) is 0 Å². The van der Waals surface area contributed by atoms with Crippen LogP contribution in [0, 0.1) is 6.92 Å². The highest BCUT2D eigenvalue weighted by atomic mass is 16.5. The van der Waals surface area contributed by atoms with Gasteiger partial charge in [-0.2, -0.15) is 0 Å². The number of H-pyrrole nitrogens is 2. The molecule has 2 amide bonds. The number of methoxy groups -OCH3 is 1. The number of ketones is 1. The fourth-order valence-corrected chi connectivity index (χ4v) is 9.37. The molecule has 0 aromatic carbocycles. The second-order valence-corrected chi connectivity index (χ2v) is 17.9. The van der Waals surface area contributed by atoms with Crippen LogP contribution < -0.4 is 32.0 Å². The molecule has 6 heterocycles. The molecule has 64 heavy (non-hydrogen) atoms. The molecule has 2 fully saturated rings. The maximum atomic E-state index is 14.7. The number of nitrogens with zero attached hydrogens (tertiary/aromatic N) is 4. The van der Waals surface area contributed by atoms with Crippen LogP contribution >= 0.6 is 0 Å². The van der Waals surface area contributed by atoms with E-state index in [1.807, 2.05) is 45.0 Å². The Bertz CT molecular complexity index is 2340. The number of aromatic nitrogens is 4. The van der Waals surface area contributed by atoms with Crippen molar-refractivity contribution in [3.05, 3.63) is 68.4 Å². The minimum Gasteiger partial charge on any atom is -0.469 e. The molecule has 15 nitrogen and oxygen atoms in total. The molecule has 2 unspecified atom stereocenters. The zero-order valence-corrected chi connectivity index (χ0v) is 39.5. The van der Waals surface area contributed by atoms with Crippen molar-refractivity contribution in [2.75, 3.05) is 85.6 Å². The predicted octanol–water partition coefficient (Wildman–Crippen LogP) is 3.10. The van der Waals surface area contributed by atoms with Gasteiger partial charge in [0, 0.05) is 159 Å². The summed E-state index contributed by atoms with van der Waals surface area (Å²) >= 11 is 0. The zero-order valence-electron chi connectivity index (χ0n) is 39.5. The van der Waals surface area contributed by atoms with Crippen molar-refractivity contribution < 1.29 is 23.9 Å². The van der Waals surface area contributed by atoms with Crippen LogP contribution in [0.3, 0.4) is 0 Å². The standard InChI is InChI=1S/C49H72N10O5/c1-9-34-27-39-31(4)37(12-13-43(61)52-18-24-58-20-14-50-15-21-58)46(56-39)38(29-44(62)64-8)47-45(48(63)53-19-25-59-22-16-51-17-23-59)32(5)40(57-47)30-42-49(7,11-3)33(6)41(55-42)28-35(54-34)26-36(60)10-2/h9,26-28,30-31,33,37,50-51,54,57H,10-25,29H2,1-8H3,(H,52,61)(H,53,63)/b34-9+,35-26+,39-27?,40-30?,41-28?,47-38?/t31-,33-,37?,49?/m0/s1. The number of carbonyl (C=O) groups is 4. The highest BCUT2D eigenvalue weighted by Crippen LogP contribution is 2.45. The summed E-state index contributed by atoms with van der Waals surface area (Å²) < 4.78 is 5.33. The van der Waals surface area contributed by atoms with Crippen molar-refractivity contribution in [3.63, 3.8) is 0 Å². The van der Waals surface area contributed by atoms with Gasteiger partial charge in [0.2, 0.25) is 5.91 Å². The number of amides is 2. The Morgan fingerprint density at radius 2 is 1.53 bits per heavy atom. The lowest BCUT2D eigenvalue weighted by atomic mass is 9.74. The average molecular weight is 881 g/mol. The summed E-state index contributed by atoms with van der Waals surface area (Å²) in [6.45, 7) is 24.3. The van der Waals surface area contributed by atoms with E-state index in [0.717, 1.165) is 93.3 Å². The summed E-state index contributed by atoms with van der Waals surface area (Å²) in [5.74, 6) is -1.27. The molecule has 348 valence electrons. The summed E-state index contributed by atoms with van der Waals surface area (Å²) in [5, 5.41) is 14.5. The van der Waals surface area contributed by atoms with E-state index in [2.05, 4.69) is 68.7 Å². The monoisotopic (exact) mass is 881 g/mol. The lowest BCUT2D eigenvalue weighted by Gasteiger charge is -2.27. The Balaban J connectivity index is 1.59. The first-order valence-corrected chi connectivity index (χ1v) is 23.5. The smallest absolute Gasteiger partial charge is 0.310 e. The molecule has 0 spiro atoms. The lowest BCUT2D eigenvalue weighted by Crippen LogP contribution is -2.46. The number of rotatable bonds is 15. The van der Waals surface area contributed by atoms with E-state index >= 15 is 0 Å². The lowest BCUT2D eigenvalue weighted by molar-refractivity contribution is -0.139. The van der Waals surface area contributed by atoms with E-state index in [-0.39, 0.29) is 53.6 Å². The molecule has 0 saturated carbocycles. The van der Waals surface area contributed by atoms with Gasteiger partial charge >= 0.3 is 5.97 Å². The number of esters is 1.